The van der Waals surface area contributed by atoms with E-state index in [0.717, 1.165) is 0 Å². The Morgan fingerprint density at radius 3 is 2.13 bits per heavy atom. The van der Waals surface area contributed by atoms with Crippen LogP contribution in [0.4, 0.5) is 4.39 Å². The summed E-state index contributed by atoms with van der Waals surface area (Å²) in [5.74, 6) is -3.64. The van der Waals surface area contributed by atoms with Gasteiger partial charge in [0.2, 0.25) is 23.6 Å². The van der Waals surface area contributed by atoms with Gasteiger partial charge >= 0.3 is 5.97 Å². The summed E-state index contributed by atoms with van der Waals surface area (Å²) in [5, 5.41) is 18.5. The summed E-state index contributed by atoms with van der Waals surface area (Å²) in [6.07, 6.45) is -0.252. The second-order valence-corrected chi connectivity index (χ2v) is 16.4. The Hall–Kier alpha value is -3.62. The number of rotatable bonds is 21. The molecule has 1 aliphatic heterocycles. The van der Waals surface area contributed by atoms with Gasteiger partial charge in [0.05, 0.1) is 42.7 Å². The quantitative estimate of drug-likeness (QED) is 0.146. The van der Waals surface area contributed by atoms with Gasteiger partial charge in [-0.3, -0.25) is 19.2 Å². The van der Waals surface area contributed by atoms with Crippen molar-refractivity contribution >= 4 is 29.6 Å². The fraction of sp³-hybridized carbons (Fsp3) is 0.732. The van der Waals surface area contributed by atoms with Crippen LogP contribution in [0.2, 0.25) is 0 Å². The molecule has 3 rings (SSSR count). The van der Waals surface area contributed by atoms with E-state index in [9.17, 15) is 33.5 Å². The largest absolute Gasteiger partial charge is 0.480 e. The van der Waals surface area contributed by atoms with Crippen LogP contribution in [0.3, 0.4) is 0 Å². The lowest BCUT2D eigenvalue weighted by molar-refractivity contribution is -0.149. The summed E-state index contributed by atoms with van der Waals surface area (Å²) in [7, 11) is 6.43. The SMILES string of the molecule is CC[C@H](C)[C@@H]([C@@H](CC(=O)N1C2C(C)C2C[C@H]1C(OC)[C@@H](C)C(=O)N[C@@H](Cc1cccc(F)c1)C(=O)O)OC)N(C)C(=O)[C@@H](NC(=O)[C@@H](NC)C(C)C)C(C)C. The number of halogens is 1. The number of benzene rings is 1. The van der Waals surface area contributed by atoms with E-state index < -0.39 is 66.0 Å². The molecule has 4 amide bonds. The van der Waals surface area contributed by atoms with Crippen LogP contribution in [0.25, 0.3) is 0 Å². The Balaban J connectivity index is 1.83. The number of aliphatic carboxylic acids is 1. The molecule has 4 unspecified atom stereocenters. The maximum atomic E-state index is 14.5. The number of carboxylic acid groups (broad SMARTS) is 1. The molecule has 14 heteroatoms. The van der Waals surface area contributed by atoms with Gasteiger partial charge in [-0.25, -0.2) is 9.18 Å². The van der Waals surface area contributed by atoms with Gasteiger partial charge in [-0.05, 0) is 60.8 Å². The van der Waals surface area contributed by atoms with Gasteiger partial charge in [-0.2, -0.15) is 0 Å². The maximum absolute atomic E-state index is 14.5. The zero-order valence-electron chi connectivity index (χ0n) is 34.8. The molecule has 1 saturated heterocycles. The summed E-state index contributed by atoms with van der Waals surface area (Å²) >= 11 is 0. The van der Waals surface area contributed by atoms with Crippen LogP contribution in [-0.4, -0.2) is 121 Å². The van der Waals surface area contributed by atoms with E-state index in [2.05, 4.69) is 22.9 Å². The highest BCUT2D eigenvalue weighted by molar-refractivity contribution is 5.90. The lowest BCUT2D eigenvalue weighted by Crippen LogP contribution is -2.59. The molecule has 1 aromatic rings. The van der Waals surface area contributed by atoms with E-state index in [1.54, 1.807) is 32.0 Å². The number of methoxy groups -OCH3 is 2. The average molecular weight is 776 g/mol. The summed E-state index contributed by atoms with van der Waals surface area (Å²) in [5.41, 5.74) is 0.430. The lowest BCUT2D eigenvalue weighted by atomic mass is 9.89. The number of hydrogen-bond donors (Lipinski definition) is 4. The molecule has 0 bridgehead atoms. The standard InChI is InChI=1S/C41H66FN5O8/c1-13-23(6)35(46(10)40(51)34(22(4)5)45-39(50)33(43-9)21(2)3)31(54-11)20-32(48)47-30(19-28-24(7)36(28)47)37(55-12)25(8)38(49)44-29(41(52)53)18-26-15-14-16-27(42)17-26/h14-17,21-25,28-31,33-37,43H,13,18-20H2,1-12H3,(H,44,49)(H,45,50)(H,52,53)/t23-,24?,25+,28?,29-,30-,31+,33-,34-,35-,36?,37?/m0/s1. The van der Waals surface area contributed by atoms with Crippen LogP contribution in [0, 0.1) is 41.3 Å². The molecule has 12 atom stereocenters. The third-order valence-corrected chi connectivity index (χ3v) is 12.1. The molecule has 1 saturated carbocycles. The third kappa shape index (κ3) is 10.8. The maximum Gasteiger partial charge on any atom is 0.326 e. The summed E-state index contributed by atoms with van der Waals surface area (Å²) in [6, 6.07) is 2.00. The van der Waals surface area contributed by atoms with Gasteiger partial charge in [0.15, 0.2) is 0 Å². The summed E-state index contributed by atoms with van der Waals surface area (Å²) in [4.78, 5) is 71.2. The smallest absolute Gasteiger partial charge is 0.326 e. The Morgan fingerprint density at radius 2 is 1.62 bits per heavy atom. The zero-order valence-corrected chi connectivity index (χ0v) is 34.8. The molecule has 13 nitrogen and oxygen atoms in total. The Bertz CT molecular complexity index is 1490. The molecule has 310 valence electrons. The lowest BCUT2D eigenvalue weighted by Gasteiger charge is -2.41. The molecule has 0 spiro atoms. The normalized spacial score (nSPS) is 23.5. The van der Waals surface area contributed by atoms with E-state index in [-0.39, 0.29) is 66.2 Å². The van der Waals surface area contributed by atoms with Gasteiger partial charge < -0.3 is 40.3 Å². The number of ether oxygens (including phenoxy) is 2. The molecule has 0 aromatic heterocycles. The Morgan fingerprint density at radius 1 is 0.982 bits per heavy atom. The predicted octanol–water partition coefficient (Wildman–Crippen LogP) is 3.49. The molecule has 55 heavy (non-hydrogen) atoms. The molecule has 1 heterocycles. The monoisotopic (exact) mass is 775 g/mol. The van der Waals surface area contributed by atoms with Crippen LogP contribution < -0.4 is 16.0 Å². The van der Waals surface area contributed by atoms with E-state index in [4.69, 9.17) is 9.47 Å². The Labute approximate surface area is 326 Å². The highest BCUT2D eigenvalue weighted by atomic mass is 19.1. The molecule has 2 fully saturated rings. The Kier molecular flexibility index (Phi) is 16.6. The number of fused-ring (bicyclic) bond motifs is 1. The number of hydrogen-bond acceptors (Lipinski definition) is 8. The van der Waals surface area contributed by atoms with E-state index in [1.807, 2.05) is 46.4 Å². The fourth-order valence-corrected chi connectivity index (χ4v) is 8.59. The first-order valence-corrected chi connectivity index (χ1v) is 19.7. The topological polar surface area (TPSA) is 167 Å². The zero-order chi connectivity index (χ0) is 41.5. The molecule has 0 radical (unpaired) electrons. The molecular formula is C41H66FN5O8. The first-order chi connectivity index (χ1) is 25.8. The van der Waals surface area contributed by atoms with Crippen LogP contribution >= 0.6 is 0 Å². The highest BCUT2D eigenvalue weighted by Gasteiger charge is 2.62. The molecule has 1 aromatic carbocycles. The van der Waals surface area contributed by atoms with E-state index in [1.165, 1.54) is 32.4 Å². The number of likely N-dealkylation sites (tertiary alicyclic amines) is 1. The first-order valence-electron chi connectivity index (χ1n) is 19.7. The van der Waals surface area contributed by atoms with Crippen LogP contribution in [0.15, 0.2) is 24.3 Å². The first kappa shape index (κ1) is 45.8. The highest BCUT2D eigenvalue weighted by Crippen LogP contribution is 2.54. The second kappa shape index (κ2) is 20.0. The minimum absolute atomic E-state index is 0.00842. The van der Waals surface area contributed by atoms with Crippen LogP contribution in [0.5, 0.6) is 0 Å². The third-order valence-electron chi connectivity index (χ3n) is 12.1. The molecule has 1 aliphatic carbocycles. The van der Waals surface area contributed by atoms with Gasteiger partial charge in [0, 0.05) is 33.7 Å². The van der Waals surface area contributed by atoms with Crippen molar-refractivity contribution in [1.29, 1.82) is 0 Å². The van der Waals surface area contributed by atoms with Crippen LogP contribution in [-0.2, 0) is 39.9 Å². The molecule has 4 N–H and O–H groups in total. The van der Waals surface area contributed by atoms with Crippen molar-refractivity contribution in [1.82, 2.24) is 25.8 Å². The number of piperidine rings is 1. The van der Waals surface area contributed by atoms with Crippen molar-refractivity contribution in [2.24, 2.45) is 35.5 Å². The van der Waals surface area contributed by atoms with Crippen molar-refractivity contribution in [3.8, 4) is 0 Å². The average Bonchev–Trinajstić information content (AvgIpc) is 3.55. The minimum Gasteiger partial charge on any atom is -0.480 e. The molecular weight excluding hydrogens is 709 g/mol. The van der Waals surface area contributed by atoms with Crippen LogP contribution in [0.1, 0.15) is 80.2 Å². The number of nitrogens with one attached hydrogen (secondary N) is 3. The number of likely N-dealkylation sites (N-methyl/N-ethyl adjacent to an activating group) is 2. The minimum atomic E-state index is -1.30. The molecule has 2 aliphatic rings. The van der Waals surface area contributed by atoms with Crippen molar-refractivity contribution in [3.05, 3.63) is 35.6 Å². The fourth-order valence-electron chi connectivity index (χ4n) is 8.59. The summed E-state index contributed by atoms with van der Waals surface area (Å²) < 4.78 is 25.8. The number of carbonyl (C=O) groups excluding carboxylic acids is 4. The predicted molar refractivity (Wildman–Crippen MR) is 207 cm³/mol. The number of carbonyl (C=O) groups is 5. The summed E-state index contributed by atoms with van der Waals surface area (Å²) in [6.45, 7) is 15.4. The number of amides is 4. The van der Waals surface area contributed by atoms with Gasteiger partial charge in [0.25, 0.3) is 0 Å². The van der Waals surface area contributed by atoms with Gasteiger partial charge in [-0.15, -0.1) is 0 Å². The van der Waals surface area contributed by atoms with E-state index in [0.29, 0.717) is 18.4 Å². The number of carboxylic acids is 1. The second-order valence-electron chi connectivity index (χ2n) is 16.4. The van der Waals surface area contributed by atoms with E-state index >= 15 is 0 Å². The van der Waals surface area contributed by atoms with Gasteiger partial charge in [-0.1, -0.05) is 73.9 Å². The van der Waals surface area contributed by atoms with Crippen molar-refractivity contribution in [2.75, 3.05) is 28.3 Å². The van der Waals surface area contributed by atoms with Crippen molar-refractivity contribution in [2.45, 2.75) is 130 Å². The van der Waals surface area contributed by atoms with Crippen molar-refractivity contribution < 1.29 is 42.9 Å². The van der Waals surface area contributed by atoms with Crippen molar-refractivity contribution in [3.63, 3.8) is 0 Å². The van der Waals surface area contributed by atoms with Gasteiger partial charge in [0.1, 0.15) is 17.9 Å². The number of nitrogens with zero attached hydrogens (tertiary/aromatic N) is 2.